The summed E-state index contributed by atoms with van der Waals surface area (Å²) in [6.45, 7) is 9.83. The first-order valence-electron chi connectivity index (χ1n) is 7.96. The summed E-state index contributed by atoms with van der Waals surface area (Å²) >= 11 is 6.44. The Kier molecular flexibility index (Phi) is 5.91. The number of aryl methyl sites for hydroxylation is 1. The van der Waals surface area contributed by atoms with E-state index >= 15 is 0 Å². The van der Waals surface area contributed by atoms with Gasteiger partial charge in [-0.3, -0.25) is 4.90 Å². The molecule has 1 aliphatic heterocycles. The van der Waals surface area contributed by atoms with Crippen LogP contribution in [0.5, 0.6) is 5.75 Å². The van der Waals surface area contributed by atoms with Crippen molar-refractivity contribution >= 4 is 11.6 Å². The summed E-state index contributed by atoms with van der Waals surface area (Å²) in [4.78, 5) is 2.54. The number of ether oxygens (including phenoxy) is 1. The number of hydrogen-bond donors (Lipinski definition) is 1. The molecule has 1 atom stereocenters. The minimum absolute atomic E-state index is 0.316. The second-order valence-corrected chi connectivity index (χ2v) is 6.22. The molecule has 0 amide bonds. The van der Waals surface area contributed by atoms with E-state index in [9.17, 15) is 0 Å². The molecule has 1 aliphatic rings. The fourth-order valence-electron chi connectivity index (χ4n) is 3.33. The van der Waals surface area contributed by atoms with E-state index in [1.165, 1.54) is 18.4 Å². The third-order valence-electron chi connectivity index (χ3n) is 4.35. The fourth-order valence-corrected chi connectivity index (χ4v) is 3.60. The van der Waals surface area contributed by atoms with Crippen LogP contribution in [0.2, 0.25) is 5.02 Å². The SMILES string of the molecule is CCOc1c(C)cc(Cl)c(C)c1C(CCN)N1CCCC1. The Hall–Kier alpha value is -0.770. The molecule has 1 fully saturated rings. The Bertz CT molecular complexity index is 484. The predicted octanol–water partition coefficient (Wildman–Crippen LogP) is 3.84. The van der Waals surface area contributed by atoms with Gasteiger partial charge in [-0.1, -0.05) is 11.6 Å². The van der Waals surface area contributed by atoms with Gasteiger partial charge >= 0.3 is 0 Å². The van der Waals surface area contributed by atoms with E-state index in [0.717, 1.165) is 41.4 Å². The van der Waals surface area contributed by atoms with E-state index in [1.807, 2.05) is 13.0 Å². The van der Waals surface area contributed by atoms with Gasteiger partial charge in [0.15, 0.2) is 0 Å². The highest BCUT2D eigenvalue weighted by Gasteiger charge is 2.28. The molecule has 21 heavy (non-hydrogen) atoms. The van der Waals surface area contributed by atoms with Gasteiger partial charge in [-0.15, -0.1) is 0 Å². The maximum atomic E-state index is 6.44. The van der Waals surface area contributed by atoms with Gasteiger partial charge in [0.25, 0.3) is 0 Å². The lowest BCUT2D eigenvalue weighted by molar-refractivity contribution is 0.226. The van der Waals surface area contributed by atoms with Crippen molar-refractivity contribution in [3.05, 3.63) is 27.8 Å². The zero-order valence-corrected chi connectivity index (χ0v) is 14.2. The first-order chi connectivity index (χ1) is 10.1. The Morgan fingerprint density at radius 2 is 2.00 bits per heavy atom. The first kappa shape index (κ1) is 16.6. The fraction of sp³-hybridized carbons (Fsp3) is 0.647. The highest BCUT2D eigenvalue weighted by Crippen LogP contribution is 2.41. The van der Waals surface area contributed by atoms with Gasteiger partial charge in [0.2, 0.25) is 0 Å². The van der Waals surface area contributed by atoms with Crippen LogP contribution in [-0.2, 0) is 0 Å². The van der Waals surface area contributed by atoms with E-state index in [1.54, 1.807) is 0 Å². The summed E-state index contributed by atoms with van der Waals surface area (Å²) in [5.74, 6) is 1.00. The van der Waals surface area contributed by atoms with Crippen LogP contribution in [0.4, 0.5) is 0 Å². The number of nitrogens with zero attached hydrogens (tertiary/aromatic N) is 1. The van der Waals surface area contributed by atoms with Crippen LogP contribution in [0.15, 0.2) is 6.07 Å². The zero-order valence-electron chi connectivity index (χ0n) is 13.4. The maximum absolute atomic E-state index is 6.44. The number of hydrogen-bond acceptors (Lipinski definition) is 3. The van der Waals surface area contributed by atoms with Crippen molar-refractivity contribution in [3.8, 4) is 5.75 Å². The maximum Gasteiger partial charge on any atom is 0.127 e. The van der Waals surface area contributed by atoms with Gasteiger partial charge in [-0.25, -0.2) is 0 Å². The molecule has 0 aliphatic carbocycles. The summed E-state index contributed by atoms with van der Waals surface area (Å²) in [5.41, 5.74) is 9.38. The minimum atomic E-state index is 0.316. The van der Waals surface area contributed by atoms with Gasteiger partial charge in [-0.05, 0) is 76.9 Å². The van der Waals surface area contributed by atoms with Crippen LogP contribution < -0.4 is 10.5 Å². The molecule has 2 N–H and O–H groups in total. The third-order valence-corrected chi connectivity index (χ3v) is 4.74. The summed E-state index contributed by atoms with van der Waals surface area (Å²) < 4.78 is 5.96. The van der Waals surface area contributed by atoms with Gasteiger partial charge in [-0.2, -0.15) is 0 Å². The highest BCUT2D eigenvalue weighted by atomic mass is 35.5. The van der Waals surface area contributed by atoms with Gasteiger partial charge in [0.1, 0.15) is 5.75 Å². The Labute approximate surface area is 133 Å². The van der Waals surface area contributed by atoms with Gasteiger partial charge in [0, 0.05) is 16.6 Å². The molecule has 0 saturated carbocycles. The highest BCUT2D eigenvalue weighted by molar-refractivity contribution is 6.31. The van der Waals surface area contributed by atoms with Crippen LogP contribution >= 0.6 is 11.6 Å². The van der Waals surface area contributed by atoms with Crippen LogP contribution in [0.3, 0.4) is 0 Å². The smallest absolute Gasteiger partial charge is 0.127 e. The topological polar surface area (TPSA) is 38.5 Å². The van der Waals surface area contributed by atoms with Crippen molar-refractivity contribution in [2.24, 2.45) is 5.73 Å². The molecule has 0 bridgehead atoms. The molecule has 0 aromatic heterocycles. The Morgan fingerprint density at radius 1 is 1.33 bits per heavy atom. The Balaban J connectivity index is 2.50. The van der Waals surface area contributed by atoms with E-state index in [2.05, 4.69) is 18.7 Å². The van der Waals surface area contributed by atoms with Crippen molar-refractivity contribution in [2.45, 2.75) is 46.1 Å². The molecule has 0 spiro atoms. The number of benzene rings is 1. The van der Waals surface area contributed by atoms with Crippen molar-refractivity contribution in [2.75, 3.05) is 26.2 Å². The molecular weight excluding hydrogens is 284 g/mol. The van der Waals surface area contributed by atoms with Crippen LogP contribution in [0.1, 0.15) is 48.9 Å². The molecule has 1 aromatic carbocycles. The predicted molar refractivity (Wildman–Crippen MR) is 89.3 cm³/mol. The van der Waals surface area contributed by atoms with E-state index in [-0.39, 0.29) is 0 Å². The normalized spacial score (nSPS) is 17.2. The summed E-state index contributed by atoms with van der Waals surface area (Å²) in [5, 5.41) is 0.826. The van der Waals surface area contributed by atoms with Crippen molar-refractivity contribution in [1.29, 1.82) is 0 Å². The lowest BCUT2D eigenvalue weighted by Gasteiger charge is -2.31. The summed E-state index contributed by atoms with van der Waals surface area (Å²) in [7, 11) is 0. The standard InChI is InChI=1S/C17H27ClN2O/c1-4-21-17-12(2)11-14(18)13(3)16(17)15(7-8-19)20-9-5-6-10-20/h11,15H,4-10,19H2,1-3H3. The first-order valence-corrected chi connectivity index (χ1v) is 8.34. The lowest BCUT2D eigenvalue weighted by atomic mass is 9.94. The molecular formula is C17H27ClN2O. The average Bonchev–Trinajstić information content (AvgIpc) is 2.97. The van der Waals surface area contributed by atoms with E-state index < -0.39 is 0 Å². The third kappa shape index (κ3) is 3.53. The Morgan fingerprint density at radius 3 is 2.57 bits per heavy atom. The zero-order chi connectivity index (χ0) is 15.4. The molecule has 1 saturated heterocycles. The molecule has 2 rings (SSSR count). The second kappa shape index (κ2) is 7.48. The molecule has 1 aromatic rings. The summed E-state index contributed by atoms with van der Waals surface area (Å²) in [6, 6.07) is 2.32. The number of rotatable bonds is 6. The van der Waals surface area contributed by atoms with E-state index in [4.69, 9.17) is 22.1 Å². The van der Waals surface area contributed by atoms with Crippen LogP contribution in [0, 0.1) is 13.8 Å². The minimum Gasteiger partial charge on any atom is -0.493 e. The average molecular weight is 311 g/mol. The van der Waals surface area contributed by atoms with Gasteiger partial charge in [0.05, 0.1) is 6.61 Å². The van der Waals surface area contributed by atoms with E-state index in [0.29, 0.717) is 19.2 Å². The number of halogens is 1. The largest absolute Gasteiger partial charge is 0.493 e. The van der Waals surface area contributed by atoms with Crippen molar-refractivity contribution in [1.82, 2.24) is 4.90 Å². The lowest BCUT2D eigenvalue weighted by Crippen LogP contribution is -2.29. The summed E-state index contributed by atoms with van der Waals surface area (Å²) in [6.07, 6.45) is 3.48. The molecule has 3 nitrogen and oxygen atoms in total. The monoisotopic (exact) mass is 310 g/mol. The molecule has 0 radical (unpaired) electrons. The molecule has 1 heterocycles. The van der Waals surface area contributed by atoms with Crippen molar-refractivity contribution < 1.29 is 4.74 Å². The number of nitrogens with two attached hydrogens (primary N) is 1. The van der Waals surface area contributed by atoms with Crippen molar-refractivity contribution in [3.63, 3.8) is 0 Å². The quantitative estimate of drug-likeness (QED) is 0.867. The second-order valence-electron chi connectivity index (χ2n) is 5.81. The number of likely N-dealkylation sites (tertiary alicyclic amines) is 1. The van der Waals surface area contributed by atoms with Gasteiger partial charge < -0.3 is 10.5 Å². The van der Waals surface area contributed by atoms with Crippen LogP contribution in [-0.4, -0.2) is 31.1 Å². The van der Waals surface area contributed by atoms with Crippen LogP contribution in [0.25, 0.3) is 0 Å². The molecule has 4 heteroatoms. The molecule has 118 valence electrons. The molecule has 1 unspecified atom stereocenters.